The molecule has 7 nitrogen and oxygen atoms in total. The number of aliphatic carboxylic acids is 2. The fourth-order valence-corrected chi connectivity index (χ4v) is 1.49. The van der Waals surface area contributed by atoms with Crippen molar-refractivity contribution in [1.29, 1.82) is 0 Å². The molecule has 3 N–H and O–H groups in total. The molecule has 0 saturated carbocycles. The van der Waals surface area contributed by atoms with Gasteiger partial charge in [-0.2, -0.15) is 0 Å². The van der Waals surface area contributed by atoms with E-state index in [1.807, 2.05) is 0 Å². The van der Waals surface area contributed by atoms with Gasteiger partial charge in [-0.3, -0.25) is 13.9 Å². The van der Waals surface area contributed by atoms with Gasteiger partial charge in [0.1, 0.15) is 0 Å². The Morgan fingerprint density at radius 1 is 1.40 bits per heavy atom. The standard InChI is InChI=1S/C7H13O7P/c1-2-15(12,13)14-5(7(10)11)3-4-6(8)9/h5H,2-4H2,1H3,(H,8,9)(H,10,11)(H,12,13). The molecule has 0 aliphatic heterocycles. The van der Waals surface area contributed by atoms with E-state index < -0.39 is 32.1 Å². The maximum absolute atomic E-state index is 11.1. The average Bonchev–Trinajstić information content (AvgIpc) is 2.11. The van der Waals surface area contributed by atoms with Gasteiger partial charge in [-0.1, -0.05) is 6.92 Å². The molecular formula is C7H13O7P. The number of carboxylic acid groups (broad SMARTS) is 2. The molecule has 0 fully saturated rings. The van der Waals surface area contributed by atoms with Crippen molar-refractivity contribution in [2.24, 2.45) is 0 Å². The first-order valence-electron chi connectivity index (χ1n) is 4.23. The average molecular weight is 240 g/mol. The third-order valence-corrected chi connectivity index (χ3v) is 2.97. The molecule has 0 bridgehead atoms. The quantitative estimate of drug-likeness (QED) is 0.554. The van der Waals surface area contributed by atoms with Gasteiger partial charge in [0.15, 0.2) is 6.10 Å². The van der Waals surface area contributed by atoms with Gasteiger partial charge in [0.25, 0.3) is 0 Å². The molecule has 0 aromatic heterocycles. The van der Waals surface area contributed by atoms with Crippen LogP contribution in [-0.4, -0.2) is 39.3 Å². The SMILES string of the molecule is CCP(=O)(O)OC(CCC(=O)O)C(=O)O. The second kappa shape index (κ2) is 5.85. The Balaban J connectivity index is 4.35. The van der Waals surface area contributed by atoms with Crippen molar-refractivity contribution in [2.75, 3.05) is 6.16 Å². The first-order valence-corrected chi connectivity index (χ1v) is 5.99. The molecule has 0 amide bonds. The van der Waals surface area contributed by atoms with Crippen LogP contribution in [0.3, 0.4) is 0 Å². The molecule has 0 rings (SSSR count). The monoisotopic (exact) mass is 240 g/mol. The number of carbonyl (C=O) groups is 2. The molecule has 2 unspecified atom stereocenters. The highest BCUT2D eigenvalue weighted by Gasteiger charge is 2.28. The minimum absolute atomic E-state index is 0.218. The third-order valence-electron chi connectivity index (χ3n) is 1.59. The Bertz CT molecular complexity index is 287. The van der Waals surface area contributed by atoms with Crippen LogP contribution >= 0.6 is 7.60 Å². The maximum atomic E-state index is 11.1. The summed E-state index contributed by atoms with van der Waals surface area (Å²) >= 11 is 0. The number of carboxylic acids is 2. The smallest absolute Gasteiger partial charge is 0.333 e. The Kier molecular flexibility index (Phi) is 5.49. The van der Waals surface area contributed by atoms with Gasteiger partial charge in [-0.25, -0.2) is 4.79 Å². The topological polar surface area (TPSA) is 121 Å². The molecule has 0 saturated heterocycles. The van der Waals surface area contributed by atoms with Crippen molar-refractivity contribution in [3.63, 3.8) is 0 Å². The van der Waals surface area contributed by atoms with Crippen molar-refractivity contribution < 1.29 is 33.8 Å². The normalized spacial score (nSPS) is 16.7. The summed E-state index contributed by atoms with van der Waals surface area (Å²) in [6.45, 7) is 1.37. The van der Waals surface area contributed by atoms with E-state index in [0.717, 1.165) is 0 Å². The van der Waals surface area contributed by atoms with Crippen molar-refractivity contribution in [3.8, 4) is 0 Å². The lowest BCUT2D eigenvalue weighted by Crippen LogP contribution is -2.24. The summed E-state index contributed by atoms with van der Waals surface area (Å²) in [5, 5.41) is 16.9. The molecule has 0 aromatic carbocycles. The summed E-state index contributed by atoms with van der Waals surface area (Å²) in [7, 11) is -3.92. The molecule has 0 radical (unpaired) electrons. The highest BCUT2D eigenvalue weighted by atomic mass is 31.2. The first-order chi connectivity index (χ1) is 6.78. The van der Waals surface area contributed by atoms with E-state index in [-0.39, 0.29) is 12.6 Å². The molecule has 8 heteroatoms. The van der Waals surface area contributed by atoms with E-state index >= 15 is 0 Å². The molecule has 2 atom stereocenters. The fourth-order valence-electron chi connectivity index (χ4n) is 0.749. The van der Waals surface area contributed by atoms with Crippen molar-refractivity contribution in [3.05, 3.63) is 0 Å². The van der Waals surface area contributed by atoms with E-state index in [2.05, 4.69) is 4.52 Å². The van der Waals surface area contributed by atoms with Gasteiger partial charge in [-0.05, 0) is 6.42 Å². The summed E-state index contributed by atoms with van der Waals surface area (Å²) < 4.78 is 15.5. The van der Waals surface area contributed by atoms with E-state index in [4.69, 9.17) is 15.1 Å². The second-order valence-electron chi connectivity index (χ2n) is 2.82. The van der Waals surface area contributed by atoms with Crippen LogP contribution < -0.4 is 0 Å². The van der Waals surface area contributed by atoms with Gasteiger partial charge in [0, 0.05) is 12.6 Å². The summed E-state index contributed by atoms with van der Waals surface area (Å²) in [6.07, 6.45) is -2.54. The Morgan fingerprint density at radius 3 is 2.27 bits per heavy atom. The number of rotatable bonds is 7. The molecule has 0 aliphatic rings. The van der Waals surface area contributed by atoms with Crippen LogP contribution in [0.1, 0.15) is 19.8 Å². The molecule has 0 aromatic rings. The lowest BCUT2D eigenvalue weighted by atomic mass is 10.2. The molecule has 0 heterocycles. The molecule has 0 spiro atoms. The fraction of sp³-hybridized carbons (Fsp3) is 0.714. The van der Waals surface area contributed by atoms with Crippen molar-refractivity contribution in [1.82, 2.24) is 0 Å². The predicted octanol–water partition coefficient (Wildman–Crippen LogP) is 0.526. The summed E-state index contributed by atoms with van der Waals surface area (Å²) in [4.78, 5) is 29.8. The van der Waals surface area contributed by atoms with Gasteiger partial charge < -0.3 is 15.1 Å². The van der Waals surface area contributed by atoms with Crippen LogP contribution in [0.4, 0.5) is 0 Å². The maximum Gasteiger partial charge on any atom is 0.333 e. The second-order valence-corrected chi connectivity index (χ2v) is 4.94. The minimum Gasteiger partial charge on any atom is -0.481 e. The zero-order valence-electron chi connectivity index (χ0n) is 8.12. The Labute approximate surface area is 86.2 Å². The summed E-state index contributed by atoms with van der Waals surface area (Å²) in [5.41, 5.74) is 0. The lowest BCUT2D eigenvalue weighted by Gasteiger charge is -2.16. The minimum atomic E-state index is -3.92. The van der Waals surface area contributed by atoms with E-state index in [1.165, 1.54) is 6.92 Å². The third kappa shape index (κ3) is 6.22. The lowest BCUT2D eigenvalue weighted by molar-refractivity contribution is -0.146. The molecule has 15 heavy (non-hydrogen) atoms. The van der Waals surface area contributed by atoms with Gasteiger partial charge >= 0.3 is 19.5 Å². The summed E-state index contributed by atoms with van der Waals surface area (Å²) in [5.74, 6) is -2.63. The number of hydrogen-bond donors (Lipinski definition) is 3. The largest absolute Gasteiger partial charge is 0.481 e. The zero-order valence-corrected chi connectivity index (χ0v) is 9.01. The highest BCUT2D eigenvalue weighted by molar-refractivity contribution is 7.52. The van der Waals surface area contributed by atoms with Crippen molar-refractivity contribution >= 4 is 19.5 Å². The summed E-state index contributed by atoms with van der Waals surface area (Å²) in [6, 6.07) is 0. The predicted molar refractivity (Wildman–Crippen MR) is 49.7 cm³/mol. The van der Waals surface area contributed by atoms with Gasteiger partial charge in [-0.15, -0.1) is 0 Å². The Hall–Kier alpha value is -0.910. The van der Waals surface area contributed by atoms with Gasteiger partial charge in [0.05, 0.1) is 0 Å². The van der Waals surface area contributed by atoms with E-state index in [0.29, 0.717) is 0 Å². The van der Waals surface area contributed by atoms with Crippen LogP contribution in [0, 0.1) is 0 Å². The first kappa shape index (κ1) is 14.1. The number of hydrogen-bond acceptors (Lipinski definition) is 4. The van der Waals surface area contributed by atoms with Crippen molar-refractivity contribution in [2.45, 2.75) is 25.9 Å². The van der Waals surface area contributed by atoms with Crippen LogP contribution in [0.2, 0.25) is 0 Å². The molecule has 88 valence electrons. The highest BCUT2D eigenvalue weighted by Crippen LogP contribution is 2.43. The Morgan fingerprint density at radius 2 is 1.93 bits per heavy atom. The zero-order chi connectivity index (χ0) is 12.1. The van der Waals surface area contributed by atoms with E-state index in [1.54, 1.807) is 0 Å². The molecule has 0 aliphatic carbocycles. The van der Waals surface area contributed by atoms with Gasteiger partial charge in [0.2, 0.25) is 0 Å². The van der Waals surface area contributed by atoms with Crippen LogP contribution in [0.15, 0.2) is 0 Å². The van der Waals surface area contributed by atoms with Crippen LogP contribution in [0.25, 0.3) is 0 Å². The van der Waals surface area contributed by atoms with Crippen LogP contribution in [0.5, 0.6) is 0 Å². The van der Waals surface area contributed by atoms with Crippen LogP contribution in [-0.2, 0) is 18.7 Å². The van der Waals surface area contributed by atoms with E-state index in [9.17, 15) is 14.2 Å². The molecular weight excluding hydrogens is 227 g/mol.